The van der Waals surface area contributed by atoms with Crippen LogP contribution in [0.15, 0.2) is 30.4 Å². The Morgan fingerprint density at radius 2 is 2.00 bits per heavy atom. The van der Waals surface area contributed by atoms with E-state index in [9.17, 15) is 14.4 Å². The smallest absolute Gasteiger partial charge is 0.330 e. The Hall–Kier alpha value is -2.63. The van der Waals surface area contributed by atoms with Gasteiger partial charge >= 0.3 is 5.97 Å². The maximum Gasteiger partial charge on any atom is 0.330 e. The van der Waals surface area contributed by atoms with Crippen molar-refractivity contribution in [1.29, 1.82) is 0 Å². The van der Waals surface area contributed by atoms with Gasteiger partial charge in [-0.05, 0) is 24.6 Å². The molecule has 1 rings (SSSR count). The van der Waals surface area contributed by atoms with Crippen LogP contribution in [0.2, 0.25) is 0 Å². The van der Waals surface area contributed by atoms with Gasteiger partial charge in [0, 0.05) is 30.8 Å². The largest absolute Gasteiger partial charge is 0.466 e. The summed E-state index contributed by atoms with van der Waals surface area (Å²) in [5, 5.41) is 5.30. The summed E-state index contributed by atoms with van der Waals surface area (Å²) in [5.41, 5.74) is 1.89. The Labute approximate surface area is 123 Å². The summed E-state index contributed by atoms with van der Waals surface area (Å²) in [4.78, 5) is 33.9. The van der Waals surface area contributed by atoms with Crippen molar-refractivity contribution in [3.8, 4) is 0 Å². The zero-order valence-corrected chi connectivity index (χ0v) is 12.2. The zero-order chi connectivity index (χ0) is 15.8. The molecule has 6 nitrogen and oxygen atoms in total. The maximum absolute atomic E-state index is 11.9. The van der Waals surface area contributed by atoms with Crippen LogP contribution in [-0.4, -0.2) is 31.4 Å². The van der Waals surface area contributed by atoms with E-state index in [2.05, 4.69) is 15.4 Å². The number of carbonyl (C=O) groups excluding carboxylic acids is 3. The third-order valence-electron chi connectivity index (χ3n) is 2.65. The fourth-order valence-electron chi connectivity index (χ4n) is 1.56. The fraction of sp³-hybridized carbons (Fsp3) is 0.267. The molecule has 1 aromatic carbocycles. The molecule has 112 valence electrons. The topological polar surface area (TPSA) is 84.5 Å². The van der Waals surface area contributed by atoms with Crippen LogP contribution < -0.4 is 10.6 Å². The normalized spacial score (nSPS) is 10.2. The number of hydrogen-bond acceptors (Lipinski definition) is 4. The van der Waals surface area contributed by atoms with Gasteiger partial charge in [-0.2, -0.15) is 0 Å². The van der Waals surface area contributed by atoms with Gasteiger partial charge in [0.15, 0.2) is 0 Å². The molecule has 0 unspecified atom stereocenters. The fourth-order valence-corrected chi connectivity index (χ4v) is 1.56. The van der Waals surface area contributed by atoms with Crippen LogP contribution in [0.3, 0.4) is 0 Å². The molecule has 0 aliphatic carbocycles. The number of carbonyl (C=O) groups is 3. The van der Waals surface area contributed by atoms with Gasteiger partial charge in [0.25, 0.3) is 5.91 Å². The summed E-state index contributed by atoms with van der Waals surface area (Å²) in [7, 11) is 1.28. The summed E-state index contributed by atoms with van der Waals surface area (Å²) in [6.07, 6.45) is 2.73. The zero-order valence-electron chi connectivity index (χ0n) is 12.2. The summed E-state index contributed by atoms with van der Waals surface area (Å²) in [6.45, 7) is 3.45. The first-order valence-corrected chi connectivity index (χ1v) is 6.35. The number of nitrogens with one attached hydrogen (secondary N) is 2. The summed E-state index contributed by atoms with van der Waals surface area (Å²) < 4.78 is 4.43. The molecule has 0 spiro atoms. The van der Waals surface area contributed by atoms with Crippen LogP contribution in [0.5, 0.6) is 0 Å². The van der Waals surface area contributed by atoms with Gasteiger partial charge in [-0.15, -0.1) is 0 Å². The van der Waals surface area contributed by atoms with E-state index < -0.39 is 5.97 Å². The summed E-state index contributed by atoms with van der Waals surface area (Å²) >= 11 is 0. The number of esters is 1. The third-order valence-corrected chi connectivity index (χ3v) is 2.65. The van der Waals surface area contributed by atoms with Crippen molar-refractivity contribution in [3.05, 3.63) is 41.5 Å². The summed E-state index contributed by atoms with van der Waals surface area (Å²) in [6, 6.07) is 5.03. The SMILES string of the molecule is COC(=O)/C=C/CNC(=O)c1ccc(C)c(NC(C)=O)c1. The van der Waals surface area contributed by atoms with Crippen LogP contribution in [-0.2, 0) is 14.3 Å². The minimum Gasteiger partial charge on any atom is -0.466 e. The number of benzene rings is 1. The predicted molar refractivity (Wildman–Crippen MR) is 79.0 cm³/mol. The second kappa shape index (κ2) is 7.84. The molecule has 0 saturated heterocycles. The highest BCUT2D eigenvalue weighted by molar-refractivity contribution is 5.97. The Balaban J connectivity index is 2.68. The van der Waals surface area contributed by atoms with E-state index in [1.165, 1.54) is 26.2 Å². The van der Waals surface area contributed by atoms with Gasteiger partial charge in [0.1, 0.15) is 0 Å². The molecule has 1 aromatic rings. The first kappa shape index (κ1) is 16.4. The molecule has 0 bridgehead atoms. The number of rotatable bonds is 5. The Morgan fingerprint density at radius 3 is 2.62 bits per heavy atom. The molecule has 0 saturated carbocycles. The first-order valence-electron chi connectivity index (χ1n) is 6.35. The van der Waals surface area contributed by atoms with Crippen molar-refractivity contribution < 1.29 is 19.1 Å². The second-order valence-electron chi connectivity index (χ2n) is 4.35. The molecule has 0 aliphatic heterocycles. The van der Waals surface area contributed by atoms with Gasteiger partial charge < -0.3 is 15.4 Å². The van der Waals surface area contributed by atoms with Gasteiger partial charge in [0.05, 0.1) is 7.11 Å². The van der Waals surface area contributed by atoms with Gasteiger partial charge in [-0.1, -0.05) is 12.1 Å². The molecule has 0 atom stereocenters. The molecular weight excluding hydrogens is 272 g/mol. The van der Waals surface area contributed by atoms with E-state index in [-0.39, 0.29) is 18.4 Å². The van der Waals surface area contributed by atoms with Crippen LogP contribution >= 0.6 is 0 Å². The molecule has 6 heteroatoms. The second-order valence-corrected chi connectivity index (χ2v) is 4.35. The molecule has 0 radical (unpaired) electrons. The number of hydrogen-bond donors (Lipinski definition) is 2. The number of ether oxygens (including phenoxy) is 1. The number of anilines is 1. The number of methoxy groups -OCH3 is 1. The molecule has 0 heterocycles. The van der Waals surface area contributed by atoms with E-state index in [0.29, 0.717) is 11.3 Å². The highest BCUT2D eigenvalue weighted by atomic mass is 16.5. The lowest BCUT2D eigenvalue weighted by molar-refractivity contribution is -0.134. The quantitative estimate of drug-likeness (QED) is 0.634. The number of amides is 2. The van der Waals surface area contributed by atoms with Gasteiger partial charge in [-0.3, -0.25) is 9.59 Å². The lowest BCUT2D eigenvalue weighted by atomic mass is 10.1. The van der Waals surface area contributed by atoms with Crippen molar-refractivity contribution in [2.24, 2.45) is 0 Å². The molecule has 0 aliphatic rings. The number of aryl methyl sites for hydroxylation is 1. The molecular formula is C15H18N2O4. The average molecular weight is 290 g/mol. The standard InChI is InChI=1S/C15H18N2O4/c1-10-6-7-12(9-13(10)17-11(2)18)15(20)16-8-4-5-14(19)21-3/h4-7,9H,8H2,1-3H3,(H,16,20)(H,17,18)/b5-4+. The van der Waals surface area contributed by atoms with Crippen molar-refractivity contribution in [3.63, 3.8) is 0 Å². The van der Waals surface area contributed by atoms with E-state index in [1.807, 2.05) is 6.92 Å². The van der Waals surface area contributed by atoms with Crippen molar-refractivity contribution in [2.75, 3.05) is 19.0 Å². The Morgan fingerprint density at radius 1 is 1.29 bits per heavy atom. The van der Waals surface area contributed by atoms with E-state index in [0.717, 1.165) is 5.56 Å². The van der Waals surface area contributed by atoms with Crippen molar-refractivity contribution in [2.45, 2.75) is 13.8 Å². The highest BCUT2D eigenvalue weighted by Crippen LogP contribution is 2.16. The van der Waals surface area contributed by atoms with Gasteiger partial charge in [-0.25, -0.2) is 4.79 Å². The lowest BCUT2D eigenvalue weighted by Crippen LogP contribution is -2.23. The Bertz CT molecular complexity index is 579. The summed E-state index contributed by atoms with van der Waals surface area (Å²) in [5.74, 6) is -0.972. The van der Waals surface area contributed by atoms with E-state index in [4.69, 9.17) is 0 Å². The minimum atomic E-state index is -0.479. The lowest BCUT2D eigenvalue weighted by Gasteiger charge is -2.09. The highest BCUT2D eigenvalue weighted by Gasteiger charge is 2.08. The molecule has 2 N–H and O–H groups in total. The van der Waals surface area contributed by atoms with E-state index >= 15 is 0 Å². The van der Waals surface area contributed by atoms with E-state index in [1.54, 1.807) is 18.2 Å². The molecule has 0 fully saturated rings. The minimum absolute atomic E-state index is 0.198. The Kier molecular flexibility index (Phi) is 6.13. The third kappa shape index (κ3) is 5.48. The van der Waals surface area contributed by atoms with Crippen LogP contribution in [0.1, 0.15) is 22.8 Å². The molecule has 21 heavy (non-hydrogen) atoms. The van der Waals surface area contributed by atoms with Crippen LogP contribution in [0.25, 0.3) is 0 Å². The van der Waals surface area contributed by atoms with Crippen molar-refractivity contribution in [1.82, 2.24) is 5.32 Å². The molecule has 2 amide bonds. The average Bonchev–Trinajstić information content (AvgIpc) is 2.44. The predicted octanol–water partition coefficient (Wildman–Crippen LogP) is 1.41. The maximum atomic E-state index is 11.9. The van der Waals surface area contributed by atoms with Crippen molar-refractivity contribution >= 4 is 23.5 Å². The monoisotopic (exact) mass is 290 g/mol. The van der Waals surface area contributed by atoms with Crippen LogP contribution in [0.4, 0.5) is 5.69 Å². The molecule has 0 aromatic heterocycles. The van der Waals surface area contributed by atoms with Crippen LogP contribution in [0, 0.1) is 6.92 Å². The first-order chi connectivity index (χ1) is 9.93. The van der Waals surface area contributed by atoms with Gasteiger partial charge in [0.2, 0.25) is 5.91 Å².